The predicted molar refractivity (Wildman–Crippen MR) is 239 cm³/mol. The molecule has 3 heterocycles. The van der Waals surface area contributed by atoms with Crippen LogP contribution in [0.3, 0.4) is 0 Å². The molecule has 64 heavy (non-hydrogen) atoms. The van der Waals surface area contributed by atoms with Crippen LogP contribution in [0.5, 0.6) is 0 Å². The number of nitrogens with two attached hydrogens (primary N) is 2. The summed E-state index contributed by atoms with van der Waals surface area (Å²) in [6.45, 7) is 7.36. The average molecular weight is 1010 g/mol. The van der Waals surface area contributed by atoms with E-state index in [1.54, 1.807) is 76.2 Å². The lowest BCUT2D eigenvalue weighted by atomic mass is 9.48. The fourth-order valence-corrected chi connectivity index (χ4v) is 13.3. The number of primary amides is 2. The van der Waals surface area contributed by atoms with E-state index in [0.717, 1.165) is 0 Å². The first-order valence-corrected chi connectivity index (χ1v) is 22.5. The van der Waals surface area contributed by atoms with Gasteiger partial charge in [0.25, 0.3) is 11.8 Å². The number of likely N-dealkylation sites (tertiary alicyclic amines) is 2. The van der Waals surface area contributed by atoms with E-state index >= 15 is 4.79 Å². The lowest BCUT2D eigenvalue weighted by Crippen LogP contribution is -2.73. The second-order valence-electron chi connectivity index (χ2n) is 18.1. The largest absolute Gasteiger partial charge is 0.465 e. The molecule has 4 aromatic rings. The number of benzene rings is 3. The molecule has 6 amide bonds. The van der Waals surface area contributed by atoms with Gasteiger partial charge in [-0.2, -0.15) is 0 Å². The van der Waals surface area contributed by atoms with Crippen LogP contribution in [-0.4, -0.2) is 73.5 Å². The predicted octanol–water partition coefficient (Wildman–Crippen LogP) is 6.72. The van der Waals surface area contributed by atoms with Crippen LogP contribution in [0.2, 0.25) is 0 Å². The molecule has 0 radical (unpaired) electrons. The van der Waals surface area contributed by atoms with Gasteiger partial charge < -0.3 is 26.2 Å². The summed E-state index contributed by atoms with van der Waals surface area (Å²) in [7, 11) is 0. The second kappa shape index (κ2) is 15.6. The molecule has 6 aliphatic rings. The molecule has 4 unspecified atom stereocenters. The van der Waals surface area contributed by atoms with Crippen molar-refractivity contribution >= 4 is 67.7 Å². The summed E-state index contributed by atoms with van der Waals surface area (Å²) < 4.78 is 17.9. The van der Waals surface area contributed by atoms with Crippen molar-refractivity contribution < 1.29 is 43.4 Å². The monoisotopic (exact) mass is 1000 g/mol. The number of fused-ring (bicyclic) bond motifs is 6. The van der Waals surface area contributed by atoms with Crippen LogP contribution in [0.25, 0.3) is 5.69 Å². The van der Waals surface area contributed by atoms with Gasteiger partial charge in [0.15, 0.2) is 0 Å². The van der Waals surface area contributed by atoms with Gasteiger partial charge in [0.1, 0.15) is 16.9 Å². The molecule has 8 N–H and O–H groups in total. The van der Waals surface area contributed by atoms with Crippen LogP contribution < -0.4 is 22.1 Å². The molecule has 0 spiro atoms. The number of nitrogens with one attached hydrogen (secondary N) is 2. The number of hydrogen-bond acceptors (Lipinski definition) is 8. The van der Waals surface area contributed by atoms with Gasteiger partial charge in [0.05, 0.1) is 37.8 Å². The molecule has 1 aromatic heterocycles. The zero-order valence-electron chi connectivity index (χ0n) is 35.5. The van der Waals surface area contributed by atoms with Crippen molar-refractivity contribution in [2.45, 2.75) is 93.8 Å². The highest BCUT2D eigenvalue weighted by Gasteiger charge is 2.70. The van der Waals surface area contributed by atoms with Gasteiger partial charge in [-0.25, -0.2) is 14.0 Å². The first-order valence-electron chi connectivity index (χ1n) is 20.9. The maximum atomic E-state index is 15.1. The molecular formula is C46H48Br2FN7O8. The fourth-order valence-electron chi connectivity index (χ4n) is 12.0. The van der Waals surface area contributed by atoms with Crippen molar-refractivity contribution in [3.8, 4) is 5.69 Å². The Hall–Kier alpha value is -5.43. The minimum Gasteiger partial charge on any atom is -0.465 e. The Balaban J connectivity index is 1.41. The first-order chi connectivity index (χ1) is 30.1. The molecule has 2 saturated heterocycles. The molecule has 10 rings (SSSR count). The molecule has 2 aliphatic heterocycles. The molecule has 3 aromatic carbocycles. The summed E-state index contributed by atoms with van der Waals surface area (Å²) in [5.41, 5.74) is 8.06. The fraction of sp³-hybridized carbons (Fsp3) is 0.391. The van der Waals surface area contributed by atoms with Crippen LogP contribution >= 0.6 is 31.9 Å². The van der Waals surface area contributed by atoms with Gasteiger partial charge in [0, 0.05) is 36.0 Å². The number of halogens is 3. The van der Waals surface area contributed by atoms with E-state index in [9.17, 15) is 38.6 Å². The SMILES string of the molecule is CC(C)(C(N)=O)C1(C)c2ccc(cc2)[C@]1(C(=O)NC(=O)O)N1CCCC1c1c(Br)c(Br)c(C2CCCN2[C@@]2(C(=O)NC(=O)O)c3ccc(cc3)C2(C)CC(N)=O)n1-c1ccc(F)cc1. The maximum Gasteiger partial charge on any atom is 0.411 e. The summed E-state index contributed by atoms with van der Waals surface area (Å²) in [6.07, 6.45) is -1.52. The standard InChI is InChI=1S/C46H48Br2FN7O8/c1-42(2,37(51)58)44(4)25-11-15-27(16-12-25)46(44,39(60)53-41(63)64)55-22-6-8-31(55)36-34(48)33(47)35(56(36)29-19-17-28(49)18-20-29)30-7-5-21-54(30)45(38(59)52-40(61)62)26-13-9-24(10-14-26)43(45,3)23-32(50)57/h9-20,30-31H,5-8,21-23H2,1-4H3,(H2,50,57)(H2,51,58)(H,52,59)(H,53,60)(H,61,62)(H,63,64)/t30?,31?,43?,44?,45-,46-/m1/s1. The normalized spacial score (nSPS) is 27.4. The molecule has 18 heteroatoms. The van der Waals surface area contributed by atoms with Gasteiger partial charge in [-0.3, -0.25) is 39.6 Å². The third-order valence-electron chi connectivity index (χ3n) is 15.0. The number of hydrogen-bond donors (Lipinski definition) is 6. The Morgan fingerprint density at radius 3 is 1.58 bits per heavy atom. The smallest absolute Gasteiger partial charge is 0.411 e. The Labute approximate surface area is 385 Å². The Kier molecular flexibility index (Phi) is 11.0. The third-order valence-corrected chi connectivity index (χ3v) is 17.2. The first kappa shape index (κ1) is 45.1. The van der Waals surface area contributed by atoms with Gasteiger partial charge in [-0.15, -0.1) is 0 Å². The third kappa shape index (κ3) is 6.00. The van der Waals surface area contributed by atoms with Gasteiger partial charge in [-0.05, 0) is 104 Å². The highest BCUT2D eigenvalue weighted by molar-refractivity contribution is 9.13. The number of carboxylic acid groups (broad SMARTS) is 2. The second-order valence-corrected chi connectivity index (χ2v) is 19.7. The Morgan fingerprint density at radius 2 is 1.12 bits per heavy atom. The minimum absolute atomic E-state index is 0.268. The lowest BCUT2D eigenvalue weighted by Gasteiger charge is -2.61. The topological polar surface area (TPSA) is 230 Å². The van der Waals surface area contributed by atoms with Crippen LogP contribution in [0.1, 0.15) is 106 Å². The maximum absolute atomic E-state index is 15.1. The molecule has 2 fully saturated rings. The number of carbonyl (C=O) groups excluding carboxylic acids is 4. The Bertz CT molecular complexity index is 2640. The number of rotatable bonds is 11. The van der Waals surface area contributed by atoms with Crippen LogP contribution in [-0.2, 0) is 41.1 Å². The van der Waals surface area contributed by atoms with E-state index in [1.807, 2.05) is 26.5 Å². The van der Waals surface area contributed by atoms with E-state index in [1.165, 1.54) is 12.1 Å². The van der Waals surface area contributed by atoms with Crippen molar-refractivity contribution in [1.29, 1.82) is 0 Å². The summed E-state index contributed by atoms with van der Waals surface area (Å²) in [5, 5.41) is 24.5. The minimum atomic E-state index is -1.84. The van der Waals surface area contributed by atoms with E-state index in [2.05, 4.69) is 42.5 Å². The van der Waals surface area contributed by atoms with Gasteiger partial charge in [-0.1, -0.05) is 76.2 Å². The van der Waals surface area contributed by atoms with Crippen molar-refractivity contribution in [2.75, 3.05) is 13.1 Å². The summed E-state index contributed by atoms with van der Waals surface area (Å²) in [4.78, 5) is 85.3. The zero-order valence-corrected chi connectivity index (χ0v) is 38.7. The number of imide groups is 2. The number of amides is 6. The molecule has 6 atom stereocenters. The molecular weight excluding hydrogens is 957 g/mol. The molecule has 336 valence electrons. The molecule has 4 bridgehead atoms. The average Bonchev–Trinajstić information content (AvgIpc) is 3.97. The quantitative estimate of drug-likeness (QED) is 0.0929. The van der Waals surface area contributed by atoms with Crippen molar-refractivity contribution in [2.24, 2.45) is 16.9 Å². The summed E-state index contributed by atoms with van der Waals surface area (Å²) in [6, 6.07) is 18.7. The lowest BCUT2D eigenvalue weighted by molar-refractivity contribution is -0.153. The van der Waals surface area contributed by atoms with E-state index < -0.39 is 81.0 Å². The van der Waals surface area contributed by atoms with Crippen LogP contribution in [0.4, 0.5) is 14.0 Å². The summed E-state index contributed by atoms with van der Waals surface area (Å²) in [5.74, 6) is -3.63. The van der Waals surface area contributed by atoms with E-state index in [-0.39, 0.29) is 19.5 Å². The van der Waals surface area contributed by atoms with E-state index in [4.69, 9.17) is 11.5 Å². The van der Waals surface area contributed by atoms with Gasteiger partial charge >= 0.3 is 12.2 Å². The number of carbonyl (C=O) groups is 6. The molecule has 4 aliphatic carbocycles. The number of aromatic nitrogens is 1. The highest BCUT2D eigenvalue weighted by atomic mass is 79.9. The van der Waals surface area contributed by atoms with E-state index in [0.29, 0.717) is 74.0 Å². The van der Waals surface area contributed by atoms with Crippen LogP contribution in [0.15, 0.2) is 81.7 Å². The van der Waals surface area contributed by atoms with Gasteiger partial charge in [0.2, 0.25) is 11.8 Å². The molecule has 0 saturated carbocycles. The van der Waals surface area contributed by atoms with Crippen molar-refractivity contribution in [3.05, 3.63) is 121 Å². The Morgan fingerprint density at radius 1 is 0.703 bits per heavy atom. The van der Waals surface area contributed by atoms with Crippen molar-refractivity contribution in [1.82, 2.24) is 25.0 Å². The zero-order chi connectivity index (χ0) is 46.5. The highest BCUT2D eigenvalue weighted by Crippen LogP contribution is 2.64. The van der Waals surface area contributed by atoms with Crippen molar-refractivity contribution in [3.63, 3.8) is 0 Å². The summed E-state index contributed by atoms with van der Waals surface area (Å²) >= 11 is 7.86. The number of nitrogens with zero attached hydrogens (tertiary/aromatic N) is 3. The molecule has 15 nitrogen and oxygen atoms in total. The van der Waals surface area contributed by atoms with Crippen LogP contribution in [0, 0.1) is 11.2 Å².